The van der Waals surface area contributed by atoms with Crippen molar-refractivity contribution in [1.82, 2.24) is 19.9 Å². The maximum absolute atomic E-state index is 13.1. The highest BCUT2D eigenvalue weighted by molar-refractivity contribution is 5.87. The molecule has 1 aromatic carbocycles. The first-order valence-corrected chi connectivity index (χ1v) is 10.3. The molecule has 152 valence electrons. The third kappa shape index (κ3) is 4.43. The lowest BCUT2D eigenvalue weighted by Gasteiger charge is -2.40. The number of piperazine rings is 1. The second kappa shape index (κ2) is 8.86. The minimum absolute atomic E-state index is 0.0715. The van der Waals surface area contributed by atoms with Gasteiger partial charge in [-0.2, -0.15) is 4.98 Å². The Morgan fingerprint density at radius 1 is 1.18 bits per heavy atom. The Morgan fingerprint density at radius 3 is 2.50 bits per heavy atom. The summed E-state index contributed by atoms with van der Waals surface area (Å²) in [6, 6.07) is 10.1. The number of carbonyl (C=O) groups excluding carboxylic acids is 1. The van der Waals surface area contributed by atoms with Gasteiger partial charge in [0.25, 0.3) is 0 Å². The first-order valence-electron chi connectivity index (χ1n) is 10.3. The number of rotatable bonds is 7. The Bertz CT molecular complexity index is 764. The third-order valence-corrected chi connectivity index (χ3v) is 5.77. The topological polar surface area (TPSA) is 62.5 Å². The van der Waals surface area contributed by atoms with Crippen LogP contribution >= 0.6 is 0 Å². The lowest BCUT2D eigenvalue weighted by molar-refractivity contribution is -0.138. The molecule has 3 rings (SSSR count). The van der Waals surface area contributed by atoms with Gasteiger partial charge in [0.15, 0.2) is 5.82 Å². The van der Waals surface area contributed by atoms with Crippen LogP contribution in [0.4, 0.5) is 0 Å². The van der Waals surface area contributed by atoms with Crippen LogP contribution in [-0.4, -0.2) is 52.0 Å². The zero-order valence-electron chi connectivity index (χ0n) is 17.5. The molecule has 0 radical (unpaired) electrons. The molecule has 1 unspecified atom stereocenters. The second-order valence-corrected chi connectivity index (χ2v) is 8.15. The number of aryl methyl sites for hydroxylation is 1. The molecule has 2 aromatic rings. The molecule has 0 aliphatic carbocycles. The molecule has 0 bridgehead atoms. The number of nitrogens with zero attached hydrogens (tertiary/aromatic N) is 4. The maximum Gasteiger partial charge on any atom is 0.243 e. The molecule has 0 N–H and O–H groups in total. The predicted octanol–water partition coefficient (Wildman–Crippen LogP) is 3.60. The molecule has 1 fully saturated rings. The van der Waals surface area contributed by atoms with E-state index < -0.39 is 5.41 Å². The van der Waals surface area contributed by atoms with E-state index in [9.17, 15) is 4.79 Å². The standard InChI is InChI=1S/C22H32N4O2/c1-5-6-12-19-23-20(28-24-19)17(2)25-13-15-26(16-14-25)21(27)22(3,4)18-10-8-7-9-11-18/h7-11,17H,5-6,12-16H2,1-4H3. The van der Waals surface area contributed by atoms with Crippen molar-refractivity contribution in [3.05, 3.63) is 47.6 Å². The van der Waals surface area contributed by atoms with Gasteiger partial charge in [-0.25, -0.2) is 0 Å². The van der Waals surface area contributed by atoms with E-state index in [4.69, 9.17) is 4.52 Å². The monoisotopic (exact) mass is 384 g/mol. The number of aromatic nitrogens is 2. The van der Waals surface area contributed by atoms with E-state index >= 15 is 0 Å². The minimum atomic E-state index is -0.518. The van der Waals surface area contributed by atoms with Crippen molar-refractivity contribution in [3.8, 4) is 0 Å². The molecule has 1 aromatic heterocycles. The molecule has 0 saturated carbocycles. The fourth-order valence-corrected chi connectivity index (χ4v) is 3.72. The smallest absolute Gasteiger partial charge is 0.243 e. The van der Waals surface area contributed by atoms with Crippen LogP contribution in [0, 0.1) is 0 Å². The van der Waals surface area contributed by atoms with Crippen LogP contribution in [0.1, 0.15) is 63.9 Å². The summed E-state index contributed by atoms with van der Waals surface area (Å²) in [7, 11) is 0. The molecular weight excluding hydrogens is 352 g/mol. The van der Waals surface area contributed by atoms with Crippen molar-refractivity contribution in [1.29, 1.82) is 0 Å². The molecule has 1 amide bonds. The van der Waals surface area contributed by atoms with Crippen LogP contribution in [0.3, 0.4) is 0 Å². The molecule has 6 nitrogen and oxygen atoms in total. The highest BCUT2D eigenvalue weighted by atomic mass is 16.5. The Labute approximate surface area is 167 Å². The summed E-state index contributed by atoms with van der Waals surface area (Å²) in [5, 5.41) is 4.10. The highest BCUT2D eigenvalue weighted by Gasteiger charge is 2.36. The summed E-state index contributed by atoms with van der Waals surface area (Å²) in [5.74, 6) is 1.66. The van der Waals surface area contributed by atoms with Crippen molar-refractivity contribution >= 4 is 5.91 Å². The predicted molar refractivity (Wildman–Crippen MR) is 109 cm³/mol. The normalized spacial score (nSPS) is 16.9. The largest absolute Gasteiger partial charge is 0.339 e. The Hall–Kier alpha value is -2.21. The van der Waals surface area contributed by atoms with E-state index in [2.05, 4.69) is 28.9 Å². The third-order valence-electron chi connectivity index (χ3n) is 5.77. The van der Waals surface area contributed by atoms with Gasteiger partial charge in [0.2, 0.25) is 11.8 Å². The van der Waals surface area contributed by atoms with Gasteiger partial charge in [-0.15, -0.1) is 0 Å². The van der Waals surface area contributed by atoms with Crippen LogP contribution in [0.2, 0.25) is 0 Å². The summed E-state index contributed by atoms with van der Waals surface area (Å²) in [6.45, 7) is 11.3. The summed E-state index contributed by atoms with van der Waals surface area (Å²) < 4.78 is 5.48. The van der Waals surface area contributed by atoms with Gasteiger partial charge in [0, 0.05) is 32.6 Å². The number of carbonyl (C=O) groups is 1. The molecule has 6 heteroatoms. The van der Waals surface area contributed by atoms with Crippen LogP contribution in [0.15, 0.2) is 34.9 Å². The lowest BCUT2D eigenvalue weighted by Crippen LogP contribution is -2.53. The summed E-state index contributed by atoms with van der Waals surface area (Å²) >= 11 is 0. The van der Waals surface area contributed by atoms with E-state index in [1.807, 2.05) is 49.1 Å². The average Bonchev–Trinajstić information content (AvgIpc) is 3.21. The Kier molecular flexibility index (Phi) is 6.50. The first-order chi connectivity index (χ1) is 13.4. The van der Waals surface area contributed by atoms with E-state index in [-0.39, 0.29) is 11.9 Å². The quantitative estimate of drug-likeness (QED) is 0.730. The number of hydrogen-bond acceptors (Lipinski definition) is 5. The number of hydrogen-bond donors (Lipinski definition) is 0. The number of benzene rings is 1. The molecule has 0 spiro atoms. The summed E-state index contributed by atoms with van der Waals surface area (Å²) in [6.07, 6.45) is 3.06. The van der Waals surface area contributed by atoms with Crippen molar-refractivity contribution in [3.63, 3.8) is 0 Å². The number of amides is 1. The fourth-order valence-electron chi connectivity index (χ4n) is 3.72. The van der Waals surface area contributed by atoms with Gasteiger partial charge in [-0.05, 0) is 32.8 Å². The van der Waals surface area contributed by atoms with Crippen molar-refractivity contribution in [2.45, 2.75) is 58.4 Å². The van der Waals surface area contributed by atoms with Crippen LogP contribution in [-0.2, 0) is 16.6 Å². The van der Waals surface area contributed by atoms with Crippen molar-refractivity contribution < 1.29 is 9.32 Å². The summed E-state index contributed by atoms with van der Waals surface area (Å²) in [5.41, 5.74) is 0.539. The Balaban J connectivity index is 1.58. The van der Waals surface area contributed by atoms with Gasteiger partial charge in [0.05, 0.1) is 11.5 Å². The van der Waals surface area contributed by atoms with Gasteiger partial charge in [0.1, 0.15) is 0 Å². The van der Waals surface area contributed by atoms with E-state index in [1.54, 1.807) is 0 Å². The zero-order valence-corrected chi connectivity index (χ0v) is 17.5. The summed E-state index contributed by atoms with van der Waals surface area (Å²) in [4.78, 5) is 22.0. The van der Waals surface area contributed by atoms with E-state index in [0.29, 0.717) is 5.89 Å². The van der Waals surface area contributed by atoms with Crippen molar-refractivity contribution in [2.75, 3.05) is 26.2 Å². The lowest BCUT2D eigenvalue weighted by atomic mass is 9.83. The Morgan fingerprint density at radius 2 is 1.86 bits per heavy atom. The SMILES string of the molecule is CCCCc1noc(C(C)N2CCN(C(=O)C(C)(C)c3ccccc3)CC2)n1. The molecule has 1 atom stereocenters. The molecular formula is C22H32N4O2. The molecule has 1 aliphatic rings. The van der Waals surface area contributed by atoms with Crippen LogP contribution in [0.5, 0.6) is 0 Å². The van der Waals surface area contributed by atoms with Gasteiger partial charge in [-0.1, -0.05) is 48.8 Å². The average molecular weight is 385 g/mol. The molecule has 1 saturated heterocycles. The van der Waals surface area contributed by atoms with Crippen molar-refractivity contribution in [2.24, 2.45) is 0 Å². The minimum Gasteiger partial charge on any atom is -0.339 e. The maximum atomic E-state index is 13.1. The molecule has 2 heterocycles. The van der Waals surface area contributed by atoms with Gasteiger partial charge in [-0.3, -0.25) is 9.69 Å². The van der Waals surface area contributed by atoms with E-state index in [0.717, 1.165) is 56.8 Å². The van der Waals surface area contributed by atoms with Crippen LogP contribution < -0.4 is 0 Å². The molecule has 28 heavy (non-hydrogen) atoms. The zero-order chi connectivity index (χ0) is 20.1. The second-order valence-electron chi connectivity index (χ2n) is 8.15. The fraction of sp³-hybridized carbons (Fsp3) is 0.591. The first kappa shape index (κ1) is 20.5. The van der Waals surface area contributed by atoms with E-state index in [1.165, 1.54) is 0 Å². The van der Waals surface area contributed by atoms with Crippen LogP contribution in [0.25, 0.3) is 0 Å². The molecule has 1 aliphatic heterocycles. The van der Waals surface area contributed by atoms with Gasteiger partial charge < -0.3 is 9.42 Å². The highest BCUT2D eigenvalue weighted by Crippen LogP contribution is 2.27. The van der Waals surface area contributed by atoms with Gasteiger partial charge >= 0.3 is 0 Å². The number of unbranched alkanes of at least 4 members (excludes halogenated alkanes) is 1.